The SMILES string of the molecule is COc1cccc(CC(C)N)c1[N+](=O)[O-]. The van der Waals surface area contributed by atoms with E-state index in [2.05, 4.69) is 0 Å². The van der Waals surface area contributed by atoms with E-state index in [1.807, 2.05) is 6.92 Å². The van der Waals surface area contributed by atoms with Crippen molar-refractivity contribution in [3.63, 3.8) is 0 Å². The molecule has 0 spiro atoms. The van der Waals surface area contributed by atoms with Crippen LogP contribution < -0.4 is 10.5 Å². The lowest BCUT2D eigenvalue weighted by Gasteiger charge is -2.08. The molecule has 1 aromatic rings. The molecule has 0 heterocycles. The van der Waals surface area contributed by atoms with Crippen LogP contribution in [0.5, 0.6) is 5.75 Å². The maximum absolute atomic E-state index is 10.9. The molecule has 82 valence electrons. The lowest BCUT2D eigenvalue weighted by atomic mass is 10.1. The first-order valence-electron chi connectivity index (χ1n) is 4.62. The fourth-order valence-corrected chi connectivity index (χ4v) is 1.45. The van der Waals surface area contributed by atoms with Crippen LogP contribution in [0, 0.1) is 10.1 Å². The van der Waals surface area contributed by atoms with E-state index >= 15 is 0 Å². The number of ether oxygens (including phenoxy) is 1. The molecular formula is C10H14N2O3. The van der Waals surface area contributed by atoms with Gasteiger partial charge in [-0.25, -0.2) is 0 Å². The highest BCUT2D eigenvalue weighted by Gasteiger charge is 2.20. The smallest absolute Gasteiger partial charge is 0.314 e. The lowest BCUT2D eigenvalue weighted by Crippen LogP contribution is -2.18. The van der Waals surface area contributed by atoms with Crippen molar-refractivity contribution in [2.24, 2.45) is 5.73 Å². The first kappa shape index (κ1) is 11.5. The van der Waals surface area contributed by atoms with Gasteiger partial charge >= 0.3 is 5.69 Å². The normalized spacial score (nSPS) is 12.2. The van der Waals surface area contributed by atoms with Gasteiger partial charge in [0.05, 0.1) is 12.0 Å². The van der Waals surface area contributed by atoms with Crippen molar-refractivity contribution in [1.82, 2.24) is 0 Å². The molecule has 0 bridgehead atoms. The van der Waals surface area contributed by atoms with E-state index in [0.717, 1.165) is 0 Å². The number of benzene rings is 1. The van der Waals surface area contributed by atoms with Crippen LogP contribution in [-0.2, 0) is 6.42 Å². The molecule has 15 heavy (non-hydrogen) atoms. The van der Waals surface area contributed by atoms with Gasteiger partial charge < -0.3 is 10.5 Å². The number of hydrogen-bond acceptors (Lipinski definition) is 4. The minimum Gasteiger partial charge on any atom is -0.490 e. The molecular weight excluding hydrogens is 196 g/mol. The highest BCUT2D eigenvalue weighted by atomic mass is 16.6. The summed E-state index contributed by atoms with van der Waals surface area (Å²) in [5.74, 6) is 0.276. The first-order chi connectivity index (χ1) is 7.06. The maximum atomic E-state index is 10.9. The Morgan fingerprint density at radius 2 is 2.27 bits per heavy atom. The summed E-state index contributed by atoms with van der Waals surface area (Å²) in [7, 11) is 1.41. The fraction of sp³-hybridized carbons (Fsp3) is 0.400. The zero-order chi connectivity index (χ0) is 11.4. The van der Waals surface area contributed by atoms with Gasteiger partial charge in [0.15, 0.2) is 5.75 Å². The number of methoxy groups -OCH3 is 1. The Kier molecular flexibility index (Phi) is 3.62. The van der Waals surface area contributed by atoms with Crippen LogP contribution in [0.3, 0.4) is 0 Å². The summed E-state index contributed by atoms with van der Waals surface area (Å²) in [5, 5.41) is 10.9. The predicted molar refractivity (Wildman–Crippen MR) is 57.0 cm³/mol. The summed E-state index contributed by atoms with van der Waals surface area (Å²) in [5.41, 5.74) is 6.24. The second-order valence-electron chi connectivity index (χ2n) is 3.41. The molecule has 0 aliphatic rings. The van der Waals surface area contributed by atoms with Crippen LogP contribution in [0.15, 0.2) is 18.2 Å². The van der Waals surface area contributed by atoms with Gasteiger partial charge in [-0.15, -0.1) is 0 Å². The zero-order valence-corrected chi connectivity index (χ0v) is 8.77. The summed E-state index contributed by atoms with van der Waals surface area (Å²) < 4.78 is 4.95. The van der Waals surface area contributed by atoms with Gasteiger partial charge in [0.1, 0.15) is 0 Å². The van der Waals surface area contributed by atoms with Crippen LogP contribution in [0.1, 0.15) is 12.5 Å². The van der Waals surface area contributed by atoms with Crippen molar-refractivity contribution in [3.8, 4) is 5.75 Å². The second-order valence-corrected chi connectivity index (χ2v) is 3.41. The third-order valence-electron chi connectivity index (χ3n) is 2.03. The monoisotopic (exact) mass is 210 g/mol. The molecule has 0 amide bonds. The van der Waals surface area contributed by atoms with Crippen LogP contribution in [0.25, 0.3) is 0 Å². The molecule has 5 nitrogen and oxygen atoms in total. The largest absolute Gasteiger partial charge is 0.490 e. The molecule has 2 N–H and O–H groups in total. The third kappa shape index (κ3) is 2.66. The molecule has 0 fully saturated rings. The van der Waals surface area contributed by atoms with E-state index in [1.54, 1.807) is 18.2 Å². The predicted octanol–water partition coefficient (Wildman–Crippen LogP) is 1.49. The summed E-state index contributed by atoms with van der Waals surface area (Å²) in [4.78, 5) is 10.4. The summed E-state index contributed by atoms with van der Waals surface area (Å²) in [6.45, 7) is 1.81. The van der Waals surface area contributed by atoms with E-state index in [-0.39, 0.29) is 17.5 Å². The van der Waals surface area contributed by atoms with Crippen LogP contribution in [0.4, 0.5) is 5.69 Å². The number of nitrogens with zero attached hydrogens (tertiary/aromatic N) is 1. The van der Waals surface area contributed by atoms with E-state index in [9.17, 15) is 10.1 Å². The Balaban J connectivity index is 3.19. The van der Waals surface area contributed by atoms with Crippen molar-refractivity contribution in [1.29, 1.82) is 0 Å². The van der Waals surface area contributed by atoms with Crippen LogP contribution in [-0.4, -0.2) is 18.1 Å². The minimum absolute atomic E-state index is 0.0114. The molecule has 0 aromatic heterocycles. The topological polar surface area (TPSA) is 78.4 Å². The number of hydrogen-bond donors (Lipinski definition) is 1. The molecule has 1 atom stereocenters. The fourth-order valence-electron chi connectivity index (χ4n) is 1.45. The van der Waals surface area contributed by atoms with Gasteiger partial charge in [-0.05, 0) is 19.4 Å². The summed E-state index contributed by atoms with van der Waals surface area (Å²) in [6.07, 6.45) is 0.466. The van der Waals surface area contributed by atoms with Crippen molar-refractivity contribution >= 4 is 5.69 Å². The van der Waals surface area contributed by atoms with E-state index in [1.165, 1.54) is 7.11 Å². The van der Waals surface area contributed by atoms with Gasteiger partial charge in [0, 0.05) is 11.6 Å². The highest BCUT2D eigenvalue weighted by molar-refractivity contribution is 5.52. The van der Waals surface area contributed by atoms with Crippen molar-refractivity contribution < 1.29 is 9.66 Å². The average molecular weight is 210 g/mol. The molecule has 0 saturated carbocycles. The van der Waals surface area contributed by atoms with E-state index < -0.39 is 4.92 Å². The Bertz CT molecular complexity index is 364. The highest BCUT2D eigenvalue weighted by Crippen LogP contribution is 2.30. The number of nitrogens with two attached hydrogens (primary N) is 1. The van der Waals surface area contributed by atoms with Crippen molar-refractivity contribution in [2.75, 3.05) is 7.11 Å². The quantitative estimate of drug-likeness (QED) is 0.603. The molecule has 0 aliphatic carbocycles. The maximum Gasteiger partial charge on any atom is 0.314 e. The van der Waals surface area contributed by atoms with Gasteiger partial charge in [0.25, 0.3) is 0 Å². The Morgan fingerprint density at radius 1 is 1.60 bits per heavy atom. The number of nitro benzene ring substituents is 1. The van der Waals surface area contributed by atoms with Gasteiger partial charge in [-0.2, -0.15) is 0 Å². The van der Waals surface area contributed by atoms with Crippen molar-refractivity contribution in [2.45, 2.75) is 19.4 Å². The zero-order valence-electron chi connectivity index (χ0n) is 8.77. The number of rotatable bonds is 4. The van der Waals surface area contributed by atoms with Crippen molar-refractivity contribution in [3.05, 3.63) is 33.9 Å². The molecule has 0 saturated heterocycles. The van der Waals surface area contributed by atoms with Crippen LogP contribution in [0.2, 0.25) is 0 Å². The van der Waals surface area contributed by atoms with E-state index in [4.69, 9.17) is 10.5 Å². The minimum atomic E-state index is -0.434. The van der Waals surface area contributed by atoms with Gasteiger partial charge in [-0.3, -0.25) is 10.1 Å². The standard InChI is InChI=1S/C10H14N2O3/c1-7(11)6-8-4-3-5-9(15-2)10(8)12(13)14/h3-5,7H,6,11H2,1-2H3. The van der Waals surface area contributed by atoms with Crippen LogP contribution >= 0.6 is 0 Å². The molecule has 5 heteroatoms. The molecule has 1 aromatic carbocycles. The number of nitro groups is 1. The van der Waals surface area contributed by atoms with Gasteiger partial charge in [0.2, 0.25) is 0 Å². The number of para-hydroxylation sites is 1. The average Bonchev–Trinajstić information content (AvgIpc) is 2.15. The van der Waals surface area contributed by atoms with Gasteiger partial charge in [-0.1, -0.05) is 12.1 Å². The third-order valence-corrected chi connectivity index (χ3v) is 2.03. The summed E-state index contributed by atoms with van der Waals surface area (Å²) >= 11 is 0. The Hall–Kier alpha value is -1.62. The second kappa shape index (κ2) is 4.75. The molecule has 0 aliphatic heterocycles. The lowest BCUT2D eigenvalue weighted by molar-refractivity contribution is -0.386. The molecule has 1 unspecified atom stereocenters. The Morgan fingerprint density at radius 3 is 2.73 bits per heavy atom. The molecule has 0 radical (unpaired) electrons. The summed E-state index contributed by atoms with van der Waals surface area (Å²) in [6, 6.07) is 4.88. The van der Waals surface area contributed by atoms with E-state index in [0.29, 0.717) is 12.0 Å². The Labute approximate surface area is 88.0 Å². The molecule has 1 rings (SSSR count). The first-order valence-corrected chi connectivity index (χ1v) is 4.62.